The molecule has 1 amide bonds. The van der Waals surface area contributed by atoms with E-state index in [1.54, 1.807) is 19.1 Å². The van der Waals surface area contributed by atoms with Crippen LogP contribution >= 0.6 is 0 Å². The van der Waals surface area contributed by atoms with Crippen molar-refractivity contribution in [1.82, 2.24) is 9.62 Å². The first-order chi connectivity index (χ1) is 13.2. The Labute approximate surface area is 166 Å². The van der Waals surface area contributed by atoms with Crippen molar-refractivity contribution in [2.24, 2.45) is 0 Å². The molecule has 0 unspecified atom stereocenters. The molecule has 28 heavy (non-hydrogen) atoms. The van der Waals surface area contributed by atoms with Gasteiger partial charge in [-0.1, -0.05) is 18.2 Å². The standard InChI is InChI=1S/C20H26N2O5S/c1-15-7-5-6-8-19(15)27-16(2)20(23)21-13-14-26-17-9-11-18(12-10-17)28(24,25)22(3)4/h5-12,16H,13-14H2,1-4H3,(H,21,23)/t16-/m1/s1. The van der Waals surface area contributed by atoms with Crippen molar-refractivity contribution >= 4 is 15.9 Å². The molecule has 0 radical (unpaired) electrons. The van der Waals surface area contributed by atoms with Crippen LogP contribution in [0, 0.1) is 6.92 Å². The Morgan fingerprint density at radius 2 is 1.75 bits per heavy atom. The molecule has 0 aliphatic rings. The smallest absolute Gasteiger partial charge is 0.260 e. The zero-order valence-electron chi connectivity index (χ0n) is 16.5. The van der Waals surface area contributed by atoms with Gasteiger partial charge in [-0.15, -0.1) is 0 Å². The number of benzene rings is 2. The lowest BCUT2D eigenvalue weighted by Gasteiger charge is -2.16. The van der Waals surface area contributed by atoms with Crippen LogP contribution in [0.15, 0.2) is 53.4 Å². The van der Waals surface area contributed by atoms with E-state index < -0.39 is 16.1 Å². The van der Waals surface area contributed by atoms with Gasteiger partial charge >= 0.3 is 0 Å². The first-order valence-corrected chi connectivity index (χ1v) is 10.3. The van der Waals surface area contributed by atoms with Crippen molar-refractivity contribution in [3.05, 3.63) is 54.1 Å². The van der Waals surface area contributed by atoms with Gasteiger partial charge in [0.05, 0.1) is 11.4 Å². The number of aryl methyl sites for hydroxylation is 1. The van der Waals surface area contributed by atoms with Crippen molar-refractivity contribution in [1.29, 1.82) is 0 Å². The van der Waals surface area contributed by atoms with E-state index in [1.165, 1.54) is 26.2 Å². The van der Waals surface area contributed by atoms with Crippen molar-refractivity contribution in [3.63, 3.8) is 0 Å². The Morgan fingerprint density at radius 1 is 1.11 bits per heavy atom. The fourth-order valence-corrected chi connectivity index (χ4v) is 3.24. The molecule has 0 saturated heterocycles. The van der Waals surface area contributed by atoms with Crippen molar-refractivity contribution in [3.8, 4) is 11.5 Å². The zero-order chi connectivity index (χ0) is 20.7. The lowest BCUT2D eigenvalue weighted by molar-refractivity contribution is -0.127. The first-order valence-electron chi connectivity index (χ1n) is 8.87. The van der Waals surface area contributed by atoms with E-state index in [4.69, 9.17) is 9.47 Å². The number of hydrogen-bond acceptors (Lipinski definition) is 5. The van der Waals surface area contributed by atoms with Crippen LogP contribution in [0.1, 0.15) is 12.5 Å². The maximum Gasteiger partial charge on any atom is 0.260 e. The second kappa shape index (κ2) is 9.57. The van der Waals surface area contributed by atoms with Gasteiger partial charge in [-0.25, -0.2) is 12.7 Å². The number of amides is 1. The quantitative estimate of drug-likeness (QED) is 0.646. The SMILES string of the molecule is Cc1ccccc1O[C@H](C)C(=O)NCCOc1ccc(S(=O)(=O)N(C)C)cc1. The molecule has 0 spiro atoms. The Bertz CT molecular complexity index is 895. The summed E-state index contributed by atoms with van der Waals surface area (Å²) in [7, 11) is -0.505. The van der Waals surface area contributed by atoms with E-state index in [2.05, 4.69) is 5.32 Å². The van der Waals surface area contributed by atoms with Crippen LogP contribution in [0.2, 0.25) is 0 Å². The maximum absolute atomic E-state index is 12.1. The molecular formula is C20H26N2O5S. The number of nitrogens with zero attached hydrogens (tertiary/aromatic N) is 1. The van der Waals surface area contributed by atoms with Gasteiger partial charge in [0.25, 0.3) is 5.91 Å². The number of ether oxygens (including phenoxy) is 2. The Hall–Kier alpha value is -2.58. The molecule has 7 nitrogen and oxygen atoms in total. The molecule has 2 rings (SSSR count). The molecule has 0 bridgehead atoms. The van der Waals surface area contributed by atoms with Crippen LogP contribution < -0.4 is 14.8 Å². The number of hydrogen-bond donors (Lipinski definition) is 1. The second-order valence-corrected chi connectivity index (χ2v) is 8.58. The summed E-state index contributed by atoms with van der Waals surface area (Å²) in [5, 5.41) is 2.75. The number of sulfonamides is 1. The highest BCUT2D eigenvalue weighted by Crippen LogP contribution is 2.19. The average Bonchev–Trinajstić information content (AvgIpc) is 2.67. The molecule has 1 atom stereocenters. The lowest BCUT2D eigenvalue weighted by Crippen LogP contribution is -2.38. The summed E-state index contributed by atoms with van der Waals surface area (Å²) in [6, 6.07) is 13.7. The van der Waals surface area contributed by atoms with Crippen molar-refractivity contribution < 1.29 is 22.7 Å². The summed E-state index contributed by atoms with van der Waals surface area (Å²) in [5.41, 5.74) is 0.963. The third-order valence-corrected chi connectivity index (χ3v) is 5.87. The van der Waals surface area contributed by atoms with Crippen LogP contribution in [-0.4, -0.2) is 52.0 Å². The third-order valence-electron chi connectivity index (χ3n) is 4.04. The summed E-state index contributed by atoms with van der Waals surface area (Å²) in [4.78, 5) is 12.3. The van der Waals surface area contributed by atoms with Gasteiger partial charge in [0.2, 0.25) is 10.0 Å². The normalized spacial score (nSPS) is 12.5. The van der Waals surface area contributed by atoms with Gasteiger partial charge in [-0.2, -0.15) is 0 Å². The van der Waals surface area contributed by atoms with Crippen molar-refractivity contribution in [2.45, 2.75) is 24.8 Å². The van der Waals surface area contributed by atoms with Gasteiger partial charge in [-0.05, 0) is 49.7 Å². The van der Waals surface area contributed by atoms with Crippen molar-refractivity contribution in [2.75, 3.05) is 27.2 Å². The molecule has 2 aromatic rings. The molecule has 0 heterocycles. The largest absolute Gasteiger partial charge is 0.492 e. The van der Waals surface area contributed by atoms with Gasteiger partial charge in [0.1, 0.15) is 18.1 Å². The molecule has 8 heteroatoms. The van der Waals surface area contributed by atoms with E-state index in [-0.39, 0.29) is 17.4 Å². The molecular weight excluding hydrogens is 380 g/mol. The Kier molecular flexibility index (Phi) is 7.42. The maximum atomic E-state index is 12.1. The molecule has 0 saturated carbocycles. The second-order valence-electron chi connectivity index (χ2n) is 6.42. The van der Waals surface area contributed by atoms with E-state index in [1.807, 2.05) is 31.2 Å². The van der Waals surface area contributed by atoms with Crippen LogP contribution in [0.3, 0.4) is 0 Å². The predicted molar refractivity (Wildman–Crippen MR) is 107 cm³/mol. The number of para-hydroxylation sites is 1. The number of rotatable bonds is 9. The molecule has 0 aromatic heterocycles. The number of carbonyl (C=O) groups is 1. The molecule has 152 valence electrons. The zero-order valence-corrected chi connectivity index (χ0v) is 17.3. The Morgan fingerprint density at radius 3 is 2.36 bits per heavy atom. The summed E-state index contributed by atoms with van der Waals surface area (Å²) in [6.45, 7) is 4.16. The highest BCUT2D eigenvalue weighted by atomic mass is 32.2. The predicted octanol–water partition coefficient (Wildman–Crippen LogP) is 2.21. The summed E-state index contributed by atoms with van der Waals surface area (Å²) in [5.74, 6) is 0.963. The number of carbonyl (C=O) groups excluding carboxylic acids is 1. The third kappa shape index (κ3) is 5.71. The number of nitrogens with one attached hydrogen (secondary N) is 1. The van der Waals surface area contributed by atoms with Gasteiger partial charge in [0, 0.05) is 14.1 Å². The minimum Gasteiger partial charge on any atom is -0.492 e. The van der Waals surface area contributed by atoms with E-state index in [0.29, 0.717) is 18.0 Å². The van der Waals surface area contributed by atoms with Crippen LogP contribution in [0.25, 0.3) is 0 Å². The fraction of sp³-hybridized carbons (Fsp3) is 0.350. The average molecular weight is 407 g/mol. The highest BCUT2D eigenvalue weighted by molar-refractivity contribution is 7.89. The molecule has 2 aromatic carbocycles. The topological polar surface area (TPSA) is 84.9 Å². The molecule has 0 aliphatic carbocycles. The highest BCUT2D eigenvalue weighted by Gasteiger charge is 2.17. The molecule has 0 fully saturated rings. The summed E-state index contributed by atoms with van der Waals surface area (Å²) >= 11 is 0. The van der Waals surface area contributed by atoms with Gasteiger partial charge in [-0.3, -0.25) is 4.79 Å². The monoisotopic (exact) mass is 406 g/mol. The van der Waals surface area contributed by atoms with Gasteiger partial charge < -0.3 is 14.8 Å². The van der Waals surface area contributed by atoms with E-state index >= 15 is 0 Å². The molecule has 1 N–H and O–H groups in total. The first kappa shape index (κ1) is 21.7. The van der Waals surface area contributed by atoms with E-state index in [9.17, 15) is 13.2 Å². The summed E-state index contributed by atoms with van der Waals surface area (Å²) < 4.78 is 36.4. The fourth-order valence-electron chi connectivity index (χ4n) is 2.34. The van der Waals surface area contributed by atoms with Crippen LogP contribution in [0.4, 0.5) is 0 Å². The Balaban J connectivity index is 1.78. The minimum atomic E-state index is -3.46. The minimum absolute atomic E-state index is 0.195. The summed E-state index contributed by atoms with van der Waals surface area (Å²) in [6.07, 6.45) is -0.628. The van der Waals surface area contributed by atoms with Crippen LogP contribution in [0.5, 0.6) is 11.5 Å². The lowest BCUT2D eigenvalue weighted by atomic mass is 10.2. The van der Waals surface area contributed by atoms with Gasteiger partial charge in [0.15, 0.2) is 6.10 Å². The van der Waals surface area contributed by atoms with E-state index in [0.717, 1.165) is 9.87 Å². The van der Waals surface area contributed by atoms with Crippen LogP contribution in [-0.2, 0) is 14.8 Å². The molecule has 0 aliphatic heterocycles.